The minimum Gasteiger partial charge on any atom is -0.354 e. The molecule has 2 saturated heterocycles. The van der Waals surface area contributed by atoms with Crippen molar-refractivity contribution in [2.45, 2.75) is 22.6 Å². The molecule has 1 N–H and O–H groups in total. The van der Waals surface area contributed by atoms with Crippen LogP contribution in [0, 0.1) is 0 Å². The highest BCUT2D eigenvalue weighted by atomic mass is 32.2. The maximum absolute atomic E-state index is 12.5. The zero-order chi connectivity index (χ0) is 17.4. The van der Waals surface area contributed by atoms with Gasteiger partial charge in [0.15, 0.2) is 0 Å². The van der Waals surface area contributed by atoms with Gasteiger partial charge in [-0.1, -0.05) is 0 Å². The normalized spacial score (nSPS) is 20.9. The summed E-state index contributed by atoms with van der Waals surface area (Å²) in [7, 11) is -7.39. The Balaban J connectivity index is 1.85. The molecule has 132 valence electrons. The highest BCUT2D eigenvalue weighted by Gasteiger charge is 2.31. The molecule has 1 amide bonds. The summed E-state index contributed by atoms with van der Waals surface area (Å²) in [4.78, 5) is 11.4. The maximum atomic E-state index is 12.5. The van der Waals surface area contributed by atoms with Crippen molar-refractivity contribution in [1.82, 2.24) is 13.9 Å². The molecule has 0 unspecified atom stereocenters. The Morgan fingerprint density at radius 3 is 1.79 bits per heavy atom. The van der Waals surface area contributed by atoms with E-state index >= 15 is 0 Å². The predicted molar refractivity (Wildman–Crippen MR) is 86.2 cm³/mol. The van der Waals surface area contributed by atoms with Crippen molar-refractivity contribution in [2.24, 2.45) is 0 Å². The molecule has 0 radical (unpaired) electrons. The summed E-state index contributed by atoms with van der Waals surface area (Å²) in [6.07, 6.45) is 1.67. The van der Waals surface area contributed by atoms with Gasteiger partial charge < -0.3 is 5.32 Å². The van der Waals surface area contributed by atoms with Crippen LogP contribution in [0.15, 0.2) is 34.1 Å². The second-order valence-corrected chi connectivity index (χ2v) is 9.65. The van der Waals surface area contributed by atoms with Crippen molar-refractivity contribution in [1.29, 1.82) is 0 Å². The number of benzene rings is 1. The zero-order valence-corrected chi connectivity index (χ0v) is 14.6. The van der Waals surface area contributed by atoms with Gasteiger partial charge in [0.2, 0.25) is 26.0 Å². The third-order valence-electron chi connectivity index (χ3n) is 4.17. The molecule has 10 heteroatoms. The van der Waals surface area contributed by atoms with Gasteiger partial charge in [-0.25, -0.2) is 16.8 Å². The van der Waals surface area contributed by atoms with Gasteiger partial charge in [0.05, 0.1) is 16.3 Å². The number of amides is 1. The number of hydrogen-bond donors (Lipinski definition) is 1. The third-order valence-corrected chi connectivity index (χ3v) is 7.94. The lowest BCUT2D eigenvalue weighted by Gasteiger charge is -2.26. The van der Waals surface area contributed by atoms with Gasteiger partial charge in [-0.3, -0.25) is 4.79 Å². The maximum Gasteiger partial charge on any atom is 0.243 e. The van der Waals surface area contributed by atoms with E-state index in [4.69, 9.17) is 0 Å². The number of nitrogens with one attached hydrogen (secondary N) is 1. The predicted octanol–water partition coefficient (Wildman–Crippen LogP) is -0.408. The molecule has 2 aliphatic rings. The van der Waals surface area contributed by atoms with Gasteiger partial charge in [0.25, 0.3) is 0 Å². The van der Waals surface area contributed by atoms with Crippen LogP contribution in [0.25, 0.3) is 0 Å². The number of nitrogens with zero attached hydrogens (tertiary/aromatic N) is 2. The van der Waals surface area contributed by atoms with E-state index in [0.29, 0.717) is 13.1 Å². The van der Waals surface area contributed by atoms with Gasteiger partial charge in [-0.15, -0.1) is 0 Å². The van der Waals surface area contributed by atoms with Crippen molar-refractivity contribution >= 4 is 26.0 Å². The summed E-state index contributed by atoms with van der Waals surface area (Å²) in [5.74, 6) is -0.349. The van der Waals surface area contributed by atoms with E-state index in [-0.39, 0.29) is 35.3 Å². The quantitative estimate of drug-likeness (QED) is 0.773. The van der Waals surface area contributed by atoms with E-state index in [1.54, 1.807) is 0 Å². The molecular formula is C14H19N3O5S2. The Hall–Kier alpha value is -1.49. The van der Waals surface area contributed by atoms with E-state index in [9.17, 15) is 21.6 Å². The fraction of sp³-hybridized carbons (Fsp3) is 0.500. The molecule has 0 bridgehead atoms. The Labute approximate surface area is 141 Å². The number of hydrogen-bond acceptors (Lipinski definition) is 5. The highest BCUT2D eigenvalue weighted by molar-refractivity contribution is 7.89. The summed E-state index contributed by atoms with van der Waals surface area (Å²) in [5, 5.41) is 2.57. The number of carbonyl (C=O) groups is 1. The minimum atomic E-state index is -3.81. The Kier molecular flexibility index (Phi) is 4.65. The number of sulfonamides is 2. The fourth-order valence-corrected chi connectivity index (χ4v) is 5.74. The Morgan fingerprint density at radius 2 is 1.29 bits per heavy atom. The first-order valence-corrected chi connectivity index (χ1v) is 10.6. The zero-order valence-electron chi connectivity index (χ0n) is 13.0. The Bertz CT molecular complexity index is 828. The second-order valence-electron chi connectivity index (χ2n) is 5.77. The van der Waals surface area contributed by atoms with E-state index in [2.05, 4.69) is 5.32 Å². The molecule has 0 atom stereocenters. The van der Waals surface area contributed by atoms with Gasteiger partial charge in [0.1, 0.15) is 0 Å². The first-order valence-electron chi connectivity index (χ1n) is 7.69. The first kappa shape index (κ1) is 17.3. The van der Waals surface area contributed by atoms with Crippen molar-refractivity contribution in [3.63, 3.8) is 0 Å². The van der Waals surface area contributed by atoms with Gasteiger partial charge in [-0.05, 0) is 37.1 Å². The van der Waals surface area contributed by atoms with E-state index in [1.807, 2.05) is 0 Å². The lowest BCUT2D eigenvalue weighted by atomic mass is 10.4. The SMILES string of the molecule is O=C1CN(S(=O)(=O)c2ccc(S(=O)(=O)N3CCCC3)cc2)CCN1. The van der Waals surface area contributed by atoms with Gasteiger partial charge in [-0.2, -0.15) is 8.61 Å². The van der Waals surface area contributed by atoms with Crippen LogP contribution in [0.2, 0.25) is 0 Å². The number of rotatable bonds is 4. The van der Waals surface area contributed by atoms with E-state index in [1.165, 1.54) is 28.6 Å². The molecule has 1 aromatic rings. The van der Waals surface area contributed by atoms with Gasteiger partial charge in [0, 0.05) is 26.2 Å². The first-order chi connectivity index (χ1) is 11.3. The van der Waals surface area contributed by atoms with Crippen LogP contribution in [0.5, 0.6) is 0 Å². The van der Waals surface area contributed by atoms with Crippen LogP contribution in [0.3, 0.4) is 0 Å². The largest absolute Gasteiger partial charge is 0.354 e. The van der Waals surface area contributed by atoms with Crippen LogP contribution in [-0.2, 0) is 24.8 Å². The van der Waals surface area contributed by atoms with Crippen LogP contribution < -0.4 is 5.32 Å². The lowest BCUT2D eigenvalue weighted by molar-refractivity contribution is -0.122. The van der Waals surface area contributed by atoms with Crippen LogP contribution >= 0.6 is 0 Å². The second kappa shape index (κ2) is 6.43. The molecule has 3 rings (SSSR count). The standard InChI is InChI=1S/C14H19N3O5S2/c18-14-11-17(10-7-15-14)24(21,22)13-5-3-12(4-6-13)23(19,20)16-8-1-2-9-16/h3-6H,1-2,7-11H2,(H,15,18). The minimum absolute atomic E-state index is 0.0161. The molecule has 2 heterocycles. The molecular weight excluding hydrogens is 354 g/mol. The monoisotopic (exact) mass is 373 g/mol. The topological polar surface area (TPSA) is 104 Å². The summed E-state index contributed by atoms with van der Waals surface area (Å²) in [6, 6.07) is 5.19. The lowest BCUT2D eigenvalue weighted by Crippen LogP contribution is -2.49. The number of piperazine rings is 1. The van der Waals surface area contributed by atoms with Crippen molar-refractivity contribution in [2.75, 3.05) is 32.7 Å². The summed E-state index contributed by atoms with van der Waals surface area (Å²) < 4.78 is 52.5. The van der Waals surface area contributed by atoms with Crippen LogP contribution in [-0.4, -0.2) is 64.1 Å². The van der Waals surface area contributed by atoms with E-state index < -0.39 is 20.0 Å². The molecule has 0 saturated carbocycles. The van der Waals surface area contributed by atoms with Crippen LogP contribution in [0.1, 0.15) is 12.8 Å². The molecule has 2 fully saturated rings. The van der Waals surface area contributed by atoms with Crippen LogP contribution in [0.4, 0.5) is 0 Å². The highest BCUT2D eigenvalue weighted by Crippen LogP contribution is 2.23. The van der Waals surface area contributed by atoms with Crippen molar-refractivity contribution in [3.05, 3.63) is 24.3 Å². The fourth-order valence-electron chi connectivity index (χ4n) is 2.83. The molecule has 2 aliphatic heterocycles. The molecule has 0 spiro atoms. The summed E-state index contributed by atoms with van der Waals surface area (Å²) in [6.45, 7) is 1.22. The summed E-state index contributed by atoms with van der Waals surface area (Å²) >= 11 is 0. The smallest absolute Gasteiger partial charge is 0.243 e. The third kappa shape index (κ3) is 3.18. The van der Waals surface area contributed by atoms with Gasteiger partial charge >= 0.3 is 0 Å². The molecule has 0 aromatic heterocycles. The van der Waals surface area contributed by atoms with E-state index in [0.717, 1.165) is 17.1 Å². The average molecular weight is 373 g/mol. The van der Waals surface area contributed by atoms with Crippen molar-refractivity contribution in [3.8, 4) is 0 Å². The molecule has 0 aliphatic carbocycles. The summed E-state index contributed by atoms with van der Waals surface area (Å²) in [5.41, 5.74) is 0. The molecule has 24 heavy (non-hydrogen) atoms. The molecule has 8 nitrogen and oxygen atoms in total. The van der Waals surface area contributed by atoms with Crippen molar-refractivity contribution < 1.29 is 21.6 Å². The Morgan fingerprint density at radius 1 is 0.792 bits per heavy atom. The molecule has 1 aromatic carbocycles. The average Bonchev–Trinajstić information content (AvgIpc) is 3.10. The number of carbonyl (C=O) groups excluding carboxylic acids is 1.